The van der Waals surface area contributed by atoms with E-state index in [0.717, 1.165) is 19.3 Å². The fourth-order valence-electron chi connectivity index (χ4n) is 1.81. The summed E-state index contributed by atoms with van der Waals surface area (Å²) in [5.41, 5.74) is 0. The Morgan fingerprint density at radius 2 is 1.31 bits per heavy atom. The number of hydrogen-bond donors (Lipinski definition) is 0. The van der Waals surface area contributed by atoms with Gasteiger partial charge in [0.05, 0.1) is 6.21 Å². The van der Waals surface area contributed by atoms with E-state index in [2.05, 4.69) is 11.9 Å². The second-order valence-corrected chi connectivity index (χ2v) is 4.37. The van der Waals surface area contributed by atoms with Crippen molar-refractivity contribution < 1.29 is 4.79 Å². The molecule has 0 unspecified atom stereocenters. The number of nitrogens with zero attached hydrogens (tertiary/aromatic N) is 1. The number of rotatable bonds is 12. The molecule has 0 saturated heterocycles. The Labute approximate surface area is 101 Å². The Balaban J connectivity index is 2.93. The number of hydrogen-bond acceptors (Lipinski definition) is 2. The van der Waals surface area contributed by atoms with Gasteiger partial charge in [-0.15, -0.1) is 0 Å². The molecule has 0 bridgehead atoms. The van der Waals surface area contributed by atoms with Crippen LogP contribution >= 0.6 is 0 Å². The van der Waals surface area contributed by atoms with Crippen LogP contribution in [0, 0.1) is 0 Å². The van der Waals surface area contributed by atoms with Crippen LogP contribution in [0.4, 0.5) is 0 Å². The van der Waals surface area contributed by atoms with Gasteiger partial charge in [-0.3, -0.25) is 9.79 Å². The molecular formula is C14H27NO. The maximum atomic E-state index is 9.94. The molecule has 94 valence electrons. The quantitative estimate of drug-likeness (QED) is 0.278. The maximum absolute atomic E-state index is 9.94. The van der Waals surface area contributed by atoms with Crippen molar-refractivity contribution >= 4 is 12.5 Å². The highest BCUT2D eigenvalue weighted by atomic mass is 16.1. The summed E-state index contributed by atoms with van der Waals surface area (Å²) in [5.74, 6) is 0. The average molecular weight is 225 g/mol. The van der Waals surface area contributed by atoms with Gasteiger partial charge in [-0.2, -0.15) is 0 Å². The normalized spacial score (nSPS) is 11.1. The molecule has 0 saturated carbocycles. The molecule has 0 aromatic carbocycles. The van der Waals surface area contributed by atoms with E-state index in [0.29, 0.717) is 0 Å². The first-order valence-electron chi connectivity index (χ1n) is 6.85. The van der Waals surface area contributed by atoms with Crippen molar-refractivity contribution in [3.63, 3.8) is 0 Å². The molecule has 0 atom stereocenters. The van der Waals surface area contributed by atoms with E-state index < -0.39 is 0 Å². The van der Waals surface area contributed by atoms with Gasteiger partial charge in [-0.1, -0.05) is 64.7 Å². The van der Waals surface area contributed by atoms with Crippen LogP contribution in [0.5, 0.6) is 0 Å². The van der Waals surface area contributed by atoms with Gasteiger partial charge in [-0.05, 0) is 6.42 Å². The minimum atomic E-state index is 0.746. The number of aliphatic imine (C=N–C) groups is 1. The van der Waals surface area contributed by atoms with E-state index in [9.17, 15) is 4.79 Å². The van der Waals surface area contributed by atoms with Crippen molar-refractivity contribution in [3.8, 4) is 0 Å². The highest BCUT2D eigenvalue weighted by Gasteiger charge is 1.91. The highest BCUT2D eigenvalue weighted by Crippen LogP contribution is 2.10. The lowest BCUT2D eigenvalue weighted by atomic mass is 10.1. The molecule has 0 fully saturated rings. The summed E-state index contributed by atoms with van der Waals surface area (Å²) in [7, 11) is 0. The molecule has 0 radical (unpaired) electrons. The first kappa shape index (κ1) is 15.3. The first-order chi connectivity index (χ1) is 7.91. The van der Waals surface area contributed by atoms with Crippen molar-refractivity contribution in [1.82, 2.24) is 0 Å². The molecule has 0 aromatic rings. The summed E-state index contributed by atoms with van der Waals surface area (Å²) in [6.07, 6.45) is 15.5. The van der Waals surface area contributed by atoms with Crippen LogP contribution < -0.4 is 0 Å². The smallest absolute Gasteiger partial charge is 0.160 e. The predicted octanol–water partition coefficient (Wildman–Crippen LogP) is 4.18. The zero-order valence-corrected chi connectivity index (χ0v) is 10.8. The molecule has 0 spiro atoms. The molecule has 16 heavy (non-hydrogen) atoms. The van der Waals surface area contributed by atoms with E-state index in [1.807, 2.05) is 0 Å². The van der Waals surface area contributed by atoms with Crippen LogP contribution in [0.3, 0.4) is 0 Å². The molecule has 0 aliphatic heterocycles. The van der Waals surface area contributed by atoms with E-state index in [-0.39, 0.29) is 0 Å². The molecule has 0 heterocycles. The number of aldehydes is 1. The highest BCUT2D eigenvalue weighted by molar-refractivity contribution is 6.12. The second-order valence-electron chi connectivity index (χ2n) is 4.37. The maximum Gasteiger partial charge on any atom is 0.160 e. The van der Waals surface area contributed by atoms with Gasteiger partial charge >= 0.3 is 0 Å². The van der Waals surface area contributed by atoms with Gasteiger partial charge in [0.15, 0.2) is 6.29 Å². The summed E-state index contributed by atoms with van der Waals surface area (Å²) in [6.45, 7) is 3.07. The van der Waals surface area contributed by atoms with E-state index >= 15 is 0 Å². The van der Waals surface area contributed by atoms with Gasteiger partial charge in [0, 0.05) is 6.54 Å². The third-order valence-electron chi connectivity index (χ3n) is 2.81. The Bertz CT molecular complexity index is 166. The molecule has 0 aliphatic carbocycles. The summed E-state index contributed by atoms with van der Waals surface area (Å²) in [4.78, 5) is 13.9. The zero-order chi connectivity index (χ0) is 11.9. The van der Waals surface area contributed by atoms with Crippen LogP contribution in [0.1, 0.15) is 71.1 Å². The van der Waals surface area contributed by atoms with Crippen molar-refractivity contribution in [2.24, 2.45) is 4.99 Å². The molecule has 0 amide bonds. The molecule has 2 heteroatoms. The standard InChI is InChI=1S/C14H27NO/c1-2-3-4-5-6-7-8-9-10-11-12-15-13-14-16/h13-14H,2-12H2,1H3. The van der Waals surface area contributed by atoms with Crippen molar-refractivity contribution in [1.29, 1.82) is 0 Å². The largest absolute Gasteiger partial charge is 0.297 e. The third kappa shape index (κ3) is 13.3. The Morgan fingerprint density at radius 3 is 1.81 bits per heavy atom. The summed E-state index contributed by atoms with van der Waals surface area (Å²) in [5, 5.41) is 0. The van der Waals surface area contributed by atoms with Crippen molar-refractivity contribution in [2.75, 3.05) is 6.54 Å². The summed E-state index contributed by atoms with van der Waals surface area (Å²) in [6, 6.07) is 0. The molecule has 0 rings (SSSR count). The van der Waals surface area contributed by atoms with Crippen LogP contribution in [0.2, 0.25) is 0 Å². The Kier molecular flexibility index (Phi) is 13.7. The van der Waals surface area contributed by atoms with Gasteiger partial charge in [0.2, 0.25) is 0 Å². The zero-order valence-electron chi connectivity index (χ0n) is 10.8. The van der Waals surface area contributed by atoms with Crippen LogP contribution in [0.15, 0.2) is 4.99 Å². The minimum Gasteiger partial charge on any atom is -0.297 e. The molecular weight excluding hydrogens is 198 g/mol. The fraction of sp³-hybridized carbons (Fsp3) is 0.857. The van der Waals surface area contributed by atoms with Gasteiger partial charge < -0.3 is 0 Å². The average Bonchev–Trinajstić information content (AvgIpc) is 2.31. The molecule has 0 aliphatic rings. The summed E-state index contributed by atoms with van der Waals surface area (Å²) < 4.78 is 0. The van der Waals surface area contributed by atoms with Gasteiger partial charge in [-0.25, -0.2) is 0 Å². The van der Waals surface area contributed by atoms with Crippen molar-refractivity contribution in [3.05, 3.63) is 0 Å². The molecule has 2 nitrogen and oxygen atoms in total. The van der Waals surface area contributed by atoms with Crippen LogP contribution in [-0.2, 0) is 4.79 Å². The Morgan fingerprint density at radius 1 is 0.812 bits per heavy atom. The summed E-state index contributed by atoms with van der Waals surface area (Å²) >= 11 is 0. The number of unbranched alkanes of at least 4 members (excludes halogenated alkanes) is 9. The van der Waals surface area contributed by atoms with Crippen molar-refractivity contribution in [2.45, 2.75) is 71.1 Å². The lowest BCUT2D eigenvalue weighted by molar-refractivity contribution is -0.102. The molecule has 0 N–H and O–H groups in total. The lowest BCUT2D eigenvalue weighted by Crippen LogP contribution is -1.85. The van der Waals surface area contributed by atoms with E-state index in [1.54, 1.807) is 0 Å². The first-order valence-corrected chi connectivity index (χ1v) is 6.85. The van der Waals surface area contributed by atoms with E-state index in [4.69, 9.17) is 0 Å². The lowest BCUT2D eigenvalue weighted by Gasteiger charge is -2.00. The minimum absolute atomic E-state index is 0.746. The third-order valence-corrected chi connectivity index (χ3v) is 2.81. The topological polar surface area (TPSA) is 29.4 Å². The van der Waals surface area contributed by atoms with Gasteiger partial charge in [0.25, 0.3) is 0 Å². The SMILES string of the molecule is CCCCCCCCCCCCN=CC=O. The number of carbonyl (C=O) groups excluding carboxylic acids is 1. The predicted molar refractivity (Wildman–Crippen MR) is 71.3 cm³/mol. The monoisotopic (exact) mass is 225 g/mol. The fourth-order valence-corrected chi connectivity index (χ4v) is 1.81. The van der Waals surface area contributed by atoms with Crippen LogP contribution in [-0.4, -0.2) is 19.0 Å². The second kappa shape index (κ2) is 14.3. The van der Waals surface area contributed by atoms with E-state index in [1.165, 1.54) is 64.0 Å². The molecule has 0 aromatic heterocycles. The Hall–Kier alpha value is -0.660. The van der Waals surface area contributed by atoms with Crippen LogP contribution in [0.25, 0.3) is 0 Å². The van der Waals surface area contributed by atoms with Gasteiger partial charge in [0.1, 0.15) is 0 Å². The number of carbonyl (C=O) groups is 1.